The molecule has 0 saturated carbocycles. The third-order valence-corrected chi connectivity index (χ3v) is 4.39. The molecule has 6 nitrogen and oxygen atoms in total. The van der Waals surface area contributed by atoms with E-state index in [1.54, 1.807) is 31.4 Å². The molecule has 0 aliphatic rings. The van der Waals surface area contributed by atoms with Crippen LogP contribution in [0.1, 0.15) is 20.3 Å². The molecule has 0 aliphatic carbocycles. The zero-order valence-electron chi connectivity index (χ0n) is 12.9. The largest absolute Gasteiger partial charge is 0.497 e. The van der Waals surface area contributed by atoms with Gasteiger partial charge in [0, 0.05) is 13.1 Å². The Morgan fingerprint density at radius 3 is 2.38 bits per heavy atom. The molecule has 1 aromatic carbocycles. The molecule has 0 aliphatic heterocycles. The van der Waals surface area contributed by atoms with Crippen LogP contribution in [0.25, 0.3) is 0 Å². The normalized spacial score (nSPS) is 11.7. The van der Waals surface area contributed by atoms with E-state index >= 15 is 0 Å². The van der Waals surface area contributed by atoms with Gasteiger partial charge in [-0.1, -0.05) is 13.8 Å². The topological polar surface area (TPSA) is 84.7 Å². The Labute approximate surface area is 127 Å². The van der Waals surface area contributed by atoms with Gasteiger partial charge in [0.05, 0.1) is 12.8 Å². The van der Waals surface area contributed by atoms with Gasteiger partial charge < -0.3 is 10.5 Å². The number of hydrogen-bond acceptors (Lipinski definition) is 4. The first kappa shape index (κ1) is 17.7. The number of hydrogen-bond donors (Lipinski definition) is 2. The van der Waals surface area contributed by atoms with E-state index in [-0.39, 0.29) is 5.92 Å². The Morgan fingerprint density at radius 2 is 1.90 bits per heavy atom. The lowest BCUT2D eigenvalue weighted by molar-refractivity contribution is 0.415. The van der Waals surface area contributed by atoms with Gasteiger partial charge in [0.1, 0.15) is 5.75 Å². The lowest BCUT2D eigenvalue weighted by Crippen LogP contribution is -2.43. The highest BCUT2D eigenvalue weighted by molar-refractivity contribution is 7.90. The summed E-state index contributed by atoms with van der Waals surface area (Å²) < 4.78 is 33.9. The molecule has 1 rings (SSSR count). The number of methoxy groups -OCH3 is 1. The fourth-order valence-corrected chi connectivity index (χ4v) is 3.19. The van der Waals surface area contributed by atoms with E-state index in [0.717, 1.165) is 0 Å². The number of ether oxygens (including phenoxy) is 1. The first-order valence-corrected chi connectivity index (χ1v) is 8.46. The zero-order chi connectivity index (χ0) is 15.9. The van der Waals surface area contributed by atoms with E-state index in [0.29, 0.717) is 37.5 Å². The van der Waals surface area contributed by atoms with Crippen molar-refractivity contribution >= 4 is 15.9 Å². The highest BCUT2D eigenvalue weighted by Gasteiger charge is 2.21. The van der Waals surface area contributed by atoms with E-state index in [2.05, 4.69) is 4.72 Å². The second kappa shape index (κ2) is 8.21. The summed E-state index contributed by atoms with van der Waals surface area (Å²) in [5.41, 5.74) is 6.10. The van der Waals surface area contributed by atoms with Gasteiger partial charge >= 0.3 is 10.2 Å². The summed E-state index contributed by atoms with van der Waals surface area (Å²) in [5, 5.41) is 0. The predicted molar refractivity (Wildman–Crippen MR) is 85.8 cm³/mol. The SMILES string of the molecule is COc1ccc(N(CCCN)S(=O)(=O)NCC(C)C)cc1. The van der Waals surface area contributed by atoms with Crippen LogP contribution in [-0.4, -0.2) is 35.2 Å². The molecule has 0 radical (unpaired) electrons. The monoisotopic (exact) mass is 315 g/mol. The van der Waals surface area contributed by atoms with Gasteiger partial charge in [0.2, 0.25) is 0 Å². The van der Waals surface area contributed by atoms with Crippen molar-refractivity contribution in [2.24, 2.45) is 11.7 Å². The van der Waals surface area contributed by atoms with Gasteiger partial charge in [-0.15, -0.1) is 0 Å². The molecule has 120 valence electrons. The Balaban J connectivity index is 2.97. The highest BCUT2D eigenvalue weighted by Crippen LogP contribution is 2.21. The minimum atomic E-state index is -3.58. The van der Waals surface area contributed by atoms with Crippen molar-refractivity contribution in [2.75, 3.05) is 31.0 Å². The van der Waals surface area contributed by atoms with Crippen molar-refractivity contribution in [1.82, 2.24) is 4.72 Å². The summed E-state index contributed by atoms with van der Waals surface area (Å²) in [6.07, 6.45) is 0.592. The third kappa shape index (κ3) is 5.53. The van der Waals surface area contributed by atoms with Crippen LogP contribution in [0.5, 0.6) is 5.75 Å². The van der Waals surface area contributed by atoms with Crippen LogP contribution in [-0.2, 0) is 10.2 Å². The van der Waals surface area contributed by atoms with Gasteiger partial charge in [-0.2, -0.15) is 13.1 Å². The van der Waals surface area contributed by atoms with E-state index < -0.39 is 10.2 Å². The number of nitrogens with two attached hydrogens (primary N) is 1. The molecule has 0 saturated heterocycles. The summed E-state index contributed by atoms with van der Waals surface area (Å²) in [6, 6.07) is 6.93. The number of benzene rings is 1. The quantitative estimate of drug-likeness (QED) is 0.720. The first-order chi connectivity index (χ1) is 9.90. The summed E-state index contributed by atoms with van der Waals surface area (Å²) >= 11 is 0. The molecule has 0 atom stereocenters. The Kier molecular flexibility index (Phi) is 6.94. The summed E-state index contributed by atoms with van der Waals surface area (Å²) in [5.74, 6) is 0.928. The van der Waals surface area contributed by atoms with Crippen molar-refractivity contribution in [1.29, 1.82) is 0 Å². The van der Waals surface area contributed by atoms with E-state index in [9.17, 15) is 8.42 Å². The number of anilines is 1. The van der Waals surface area contributed by atoms with Crippen LogP contribution in [0, 0.1) is 5.92 Å². The van der Waals surface area contributed by atoms with E-state index in [4.69, 9.17) is 10.5 Å². The highest BCUT2D eigenvalue weighted by atomic mass is 32.2. The standard InChI is InChI=1S/C14H25N3O3S/c1-12(2)11-16-21(18,19)17(10-4-9-15)13-5-7-14(20-3)8-6-13/h5-8,12,16H,4,9-11,15H2,1-3H3. The predicted octanol–water partition coefficient (Wildman–Crippen LogP) is 1.34. The maximum absolute atomic E-state index is 12.4. The second-order valence-corrected chi connectivity index (χ2v) is 6.84. The number of nitrogens with one attached hydrogen (secondary N) is 1. The van der Waals surface area contributed by atoms with Crippen LogP contribution in [0.15, 0.2) is 24.3 Å². The molecular weight excluding hydrogens is 290 g/mol. The molecule has 0 amide bonds. The Hall–Kier alpha value is -1.31. The molecule has 7 heteroatoms. The van der Waals surface area contributed by atoms with Crippen LogP contribution in [0.2, 0.25) is 0 Å². The van der Waals surface area contributed by atoms with Crippen LogP contribution in [0.4, 0.5) is 5.69 Å². The molecule has 21 heavy (non-hydrogen) atoms. The van der Waals surface area contributed by atoms with Gasteiger partial charge in [-0.05, 0) is 43.1 Å². The number of rotatable bonds is 9. The molecule has 0 spiro atoms. The minimum Gasteiger partial charge on any atom is -0.497 e. The van der Waals surface area contributed by atoms with Gasteiger partial charge in [-0.25, -0.2) is 0 Å². The average Bonchev–Trinajstić information content (AvgIpc) is 2.46. The molecule has 0 bridgehead atoms. The lowest BCUT2D eigenvalue weighted by Gasteiger charge is -2.25. The van der Waals surface area contributed by atoms with Crippen molar-refractivity contribution in [2.45, 2.75) is 20.3 Å². The van der Waals surface area contributed by atoms with Gasteiger partial charge in [0.25, 0.3) is 0 Å². The van der Waals surface area contributed by atoms with Crippen molar-refractivity contribution in [3.63, 3.8) is 0 Å². The molecule has 0 unspecified atom stereocenters. The Morgan fingerprint density at radius 1 is 1.29 bits per heavy atom. The van der Waals surface area contributed by atoms with Crippen LogP contribution in [0.3, 0.4) is 0 Å². The fraction of sp³-hybridized carbons (Fsp3) is 0.571. The molecule has 0 aromatic heterocycles. The molecule has 3 N–H and O–H groups in total. The minimum absolute atomic E-state index is 0.243. The third-order valence-electron chi connectivity index (χ3n) is 2.89. The van der Waals surface area contributed by atoms with Crippen molar-refractivity contribution < 1.29 is 13.2 Å². The summed E-state index contributed by atoms with van der Waals surface area (Å²) in [7, 11) is -2.00. The molecule has 0 heterocycles. The van der Waals surface area contributed by atoms with Crippen molar-refractivity contribution in [3.8, 4) is 5.75 Å². The fourth-order valence-electron chi connectivity index (χ4n) is 1.72. The Bertz CT molecular complexity index is 515. The van der Waals surface area contributed by atoms with E-state index in [1.807, 2.05) is 13.8 Å². The molecule has 1 aromatic rings. The zero-order valence-corrected chi connectivity index (χ0v) is 13.7. The smallest absolute Gasteiger partial charge is 0.301 e. The van der Waals surface area contributed by atoms with Gasteiger partial charge in [0.15, 0.2) is 0 Å². The number of nitrogens with zero attached hydrogens (tertiary/aromatic N) is 1. The van der Waals surface area contributed by atoms with Gasteiger partial charge in [-0.3, -0.25) is 4.31 Å². The summed E-state index contributed by atoms with van der Waals surface area (Å²) in [4.78, 5) is 0. The van der Waals surface area contributed by atoms with Crippen LogP contribution >= 0.6 is 0 Å². The molecular formula is C14H25N3O3S. The maximum Gasteiger partial charge on any atom is 0.301 e. The summed E-state index contributed by atoms with van der Waals surface area (Å²) in [6.45, 7) is 5.10. The lowest BCUT2D eigenvalue weighted by atomic mass is 10.2. The average molecular weight is 315 g/mol. The molecule has 0 fully saturated rings. The first-order valence-electron chi connectivity index (χ1n) is 7.02. The maximum atomic E-state index is 12.4. The second-order valence-electron chi connectivity index (χ2n) is 5.16. The van der Waals surface area contributed by atoms with Crippen molar-refractivity contribution in [3.05, 3.63) is 24.3 Å². The van der Waals surface area contributed by atoms with E-state index in [1.165, 1.54) is 4.31 Å². The van der Waals surface area contributed by atoms with Crippen LogP contribution < -0.4 is 19.5 Å².